The Bertz CT molecular complexity index is 457. The van der Waals surface area contributed by atoms with Crippen molar-refractivity contribution < 1.29 is 9.90 Å². The molecule has 1 aromatic rings. The van der Waals surface area contributed by atoms with E-state index in [1.165, 1.54) is 24.2 Å². The van der Waals surface area contributed by atoms with Crippen LogP contribution >= 0.6 is 11.3 Å². The van der Waals surface area contributed by atoms with Crippen LogP contribution in [0.3, 0.4) is 0 Å². The van der Waals surface area contributed by atoms with Crippen molar-refractivity contribution in [2.75, 3.05) is 13.1 Å². The van der Waals surface area contributed by atoms with Gasteiger partial charge >= 0.3 is 0 Å². The van der Waals surface area contributed by atoms with Crippen molar-refractivity contribution in [3.05, 3.63) is 22.4 Å². The highest BCUT2D eigenvalue weighted by molar-refractivity contribution is 7.08. The van der Waals surface area contributed by atoms with Gasteiger partial charge < -0.3 is 10.4 Å². The molecule has 3 rings (SSSR count). The summed E-state index contributed by atoms with van der Waals surface area (Å²) in [6.45, 7) is 2.18. The number of aliphatic hydroxyl groups is 1. The van der Waals surface area contributed by atoms with Gasteiger partial charge in [-0.2, -0.15) is 11.3 Å². The number of thiophene rings is 1. The molecule has 1 aliphatic heterocycles. The second kappa shape index (κ2) is 6.90. The maximum absolute atomic E-state index is 12.2. The molecule has 21 heavy (non-hydrogen) atoms. The Morgan fingerprint density at radius 1 is 1.24 bits per heavy atom. The van der Waals surface area contributed by atoms with E-state index in [9.17, 15) is 9.90 Å². The van der Waals surface area contributed by atoms with Gasteiger partial charge in [0.25, 0.3) is 5.91 Å². The number of amides is 1. The highest BCUT2D eigenvalue weighted by atomic mass is 32.1. The molecule has 1 amide bonds. The van der Waals surface area contributed by atoms with Crippen molar-refractivity contribution in [2.24, 2.45) is 0 Å². The van der Waals surface area contributed by atoms with Crippen LogP contribution in [0.4, 0.5) is 0 Å². The number of hydrogen-bond donors (Lipinski definition) is 2. The van der Waals surface area contributed by atoms with Crippen LogP contribution in [0.1, 0.15) is 48.9 Å². The van der Waals surface area contributed by atoms with Gasteiger partial charge in [-0.1, -0.05) is 12.8 Å². The third-order valence-corrected chi connectivity index (χ3v) is 5.46. The number of aliphatic hydroxyl groups excluding tert-OH is 1. The zero-order valence-electron chi connectivity index (χ0n) is 12.3. The van der Waals surface area contributed by atoms with Crippen LogP contribution in [-0.4, -0.2) is 47.2 Å². The number of carbonyl (C=O) groups excluding carboxylic acids is 1. The Kier molecular flexibility index (Phi) is 4.93. The summed E-state index contributed by atoms with van der Waals surface area (Å²) in [6.07, 6.45) is 6.16. The molecule has 5 heteroatoms. The molecule has 0 unspecified atom stereocenters. The molecule has 0 aromatic carbocycles. The van der Waals surface area contributed by atoms with E-state index in [0.717, 1.165) is 38.8 Å². The van der Waals surface area contributed by atoms with Crippen LogP contribution in [0.25, 0.3) is 0 Å². The summed E-state index contributed by atoms with van der Waals surface area (Å²) in [5.74, 6) is -0.0534. The van der Waals surface area contributed by atoms with Crippen molar-refractivity contribution in [1.82, 2.24) is 10.2 Å². The summed E-state index contributed by atoms with van der Waals surface area (Å²) in [4.78, 5) is 14.6. The van der Waals surface area contributed by atoms with E-state index in [4.69, 9.17) is 0 Å². The molecule has 0 bridgehead atoms. The lowest BCUT2D eigenvalue weighted by molar-refractivity contribution is 0.0338. The Morgan fingerprint density at radius 3 is 2.71 bits per heavy atom. The summed E-state index contributed by atoms with van der Waals surface area (Å²) in [5.41, 5.74) is 0.703. The molecule has 2 N–H and O–H groups in total. The zero-order valence-corrected chi connectivity index (χ0v) is 13.1. The fourth-order valence-corrected chi connectivity index (χ4v) is 4.24. The monoisotopic (exact) mass is 308 g/mol. The molecular formula is C16H24N2O2S. The fourth-order valence-electron chi connectivity index (χ4n) is 3.60. The number of nitrogens with zero attached hydrogens (tertiary/aromatic N) is 1. The van der Waals surface area contributed by atoms with E-state index in [1.54, 1.807) is 0 Å². The third-order valence-electron chi connectivity index (χ3n) is 4.78. The van der Waals surface area contributed by atoms with Gasteiger partial charge in [-0.15, -0.1) is 0 Å². The summed E-state index contributed by atoms with van der Waals surface area (Å²) in [5, 5.41) is 17.6. The van der Waals surface area contributed by atoms with Gasteiger partial charge in [0.2, 0.25) is 0 Å². The number of hydrogen-bond acceptors (Lipinski definition) is 4. The second-order valence-corrected chi connectivity index (χ2v) is 6.96. The normalized spacial score (nSPS) is 31.0. The molecule has 2 aliphatic rings. The van der Waals surface area contributed by atoms with E-state index in [2.05, 4.69) is 10.2 Å². The number of nitrogens with one attached hydrogen (secondary N) is 1. The average Bonchev–Trinajstić information content (AvgIpc) is 3.16. The maximum Gasteiger partial charge on any atom is 0.252 e. The SMILES string of the molecule is O=C(N[C@@H]1CCCC[C@@H](N2CCCC2)[C@@H]1O)c1ccsc1. The van der Waals surface area contributed by atoms with E-state index in [0.29, 0.717) is 5.56 Å². The highest BCUT2D eigenvalue weighted by Crippen LogP contribution is 2.26. The molecule has 1 aliphatic carbocycles. The van der Waals surface area contributed by atoms with E-state index < -0.39 is 6.10 Å². The Labute approximate surface area is 130 Å². The van der Waals surface area contributed by atoms with Gasteiger partial charge in [0.05, 0.1) is 12.1 Å². The van der Waals surface area contributed by atoms with Gasteiger partial charge in [0.1, 0.15) is 0 Å². The number of carbonyl (C=O) groups is 1. The number of likely N-dealkylation sites (tertiary alicyclic amines) is 1. The van der Waals surface area contributed by atoms with Crippen molar-refractivity contribution in [3.63, 3.8) is 0 Å². The third kappa shape index (κ3) is 3.47. The van der Waals surface area contributed by atoms with E-state index in [1.807, 2.05) is 16.8 Å². The van der Waals surface area contributed by atoms with Crippen LogP contribution in [0.2, 0.25) is 0 Å². The molecule has 3 atom stereocenters. The molecule has 2 fully saturated rings. The summed E-state index contributed by atoms with van der Waals surface area (Å²) < 4.78 is 0. The minimum atomic E-state index is -0.451. The van der Waals surface area contributed by atoms with E-state index in [-0.39, 0.29) is 18.0 Å². The molecule has 2 heterocycles. The molecule has 4 nitrogen and oxygen atoms in total. The molecule has 1 saturated carbocycles. The first-order chi connectivity index (χ1) is 10.3. The average molecular weight is 308 g/mol. The molecule has 0 radical (unpaired) electrons. The van der Waals surface area contributed by atoms with Crippen molar-refractivity contribution in [2.45, 2.75) is 56.7 Å². The van der Waals surface area contributed by atoms with Crippen LogP contribution in [0.15, 0.2) is 16.8 Å². The van der Waals surface area contributed by atoms with Gasteiger partial charge in [0, 0.05) is 17.0 Å². The predicted octanol–water partition coefficient (Wildman–Crippen LogP) is 2.25. The molecule has 0 spiro atoms. The zero-order chi connectivity index (χ0) is 14.7. The first kappa shape index (κ1) is 15.0. The van der Waals surface area contributed by atoms with Gasteiger partial charge in [-0.25, -0.2) is 0 Å². The highest BCUT2D eigenvalue weighted by Gasteiger charge is 2.35. The summed E-state index contributed by atoms with van der Waals surface area (Å²) in [6, 6.07) is 1.93. The second-order valence-electron chi connectivity index (χ2n) is 6.18. The van der Waals surface area contributed by atoms with Crippen LogP contribution < -0.4 is 5.32 Å². The fraction of sp³-hybridized carbons (Fsp3) is 0.688. The lowest BCUT2D eigenvalue weighted by Gasteiger charge is -2.34. The molecule has 1 aromatic heterocycles. The minimum Gasteiger partial charge on any atom is -0.389 e. The minimum absolute atomic E-state index is 0.0534. The Hall–Kier alpha value is -0.910. The smallest absolute Gasteiger partial charge is 0.252 e. The van der Waals surface area contributed by atoms with E-state index >= 15 is 0 Å². The quantitative estimate of drug-likeness (QED) is 0.842. The molecule has 116 valence electrons. The molecular weight excluding hydrogens is 284 g/mol. The topological polar surface area (TPSA) is 52.6 Å². The lowest BCUT2D eigenvalue weighted by atomic mass is 10.00. The van der Waals surface area contributed by atoms with Gasteiger partial charge in [-0.3, -0.25) is 9.69 Å². The number of rotatable bonds is 3. The molecule has 1 saturated heterocycles. The summed E-state index contributed by atoms with van der Waals surface area (Å²) >= 11 is 1.52. The van der Waals surface area contributed by atoms with Crippen molar-refractivity contribution >= 4 is 17.2 Å². The van der Waals surface area contributed by atoms with Crippen molar-refractivity contribution in [1.29, 1.82) is 0 Å². The largest absolute Gasteiger partial charge is 0.389 e. The first-order valence-corrected chi connectivity index (χ1v) is 8.95. The first-order valence-electron chi connectivity index (χ1n) is 8.01. The van der Waals surface area contributed by atoms with Gasteiger partial charge in [-0.05, 0) is 50.2 Å². The Balaban J connectivity index is 1.66. The van der Waals surface area contributed by atoms with Gasteiger partial charge in [0.15, 0.2) is 0 Å². The standard InChI is InChI=1S/C16H24N2O2S/c19-15-13(17-16(20)12-7-10-21-11-12)5-1-2-6-14(15)18-8-3-4-9-18/h7,10-11,13-15,19H,1-6,8-9H2,(H,17,20)/t13-,14-,15-/m1/s1. The lowest BCUT2D eigenvalue weighted by Crippen LogP contribution is -2.52. The van der Waals surface area contributed by atoms with Crippen LogP contribution in [-0.2, 0) is 0 Å². The predicted molar refractivity (Wildman–Crippen MR) is 84.6 cm³/mol. The maximum atomic E-state index is 12.2. The Morgan fingerprint density at radius 2 is 2.00 bits per heavy atom. The van der Waals surface area contributed by atoms with Crippen molar-refractivity contribution in [3.8, 4) is 0 Å². The summed E-state index contributed by atoms with van der Waals surface area (Å²) in [7, 11) is 0. The van der Waals surface area contributed by atoms with Crippen LogP contribution in [0, 0.1) is 0 Å². The van der Waals surface area contributed by atoms with Crippen LogP contribution in [0.5, 0.6) is 0 Å².